The van der Waals surface area contributed by atoms with Crippen molar-refractivity contribution in [3.05, 3.63) is 34.1 Å². The Kier molecular flexibility index (Phi) is 3.40. The largest absolute Gasteiger partial charge is 0.310 e. The predicted octanol–water partition coefficient (Wildman–Crippen LogP) is 3.84. The molecule has 0 unspecified atom stereocenters. The van der Waals surface area contributed by atoms with Gasteiger partial charge in [0.1, 0.15) is 5.82 Å². The highest BCUT2D eigenvalue weighted by molar-refractivity contribution is 6.31. The quantitative estimate of drug-likeness (QED) is 0.840. The van der Waals surface area contributed by atoms with Crippen molar-refractivity contribution in [2.75, 3.05) is 6.54 Å². The highest BCUT2D eigenvalue weighted by Gasteiger charge is 2.23. The van der Waals surface area contributed by atoms with E-state index in [1.54, 1.807) is 0 Å². The molecule has 1 nitrogen and oxygen atoms in total. The second-order valence-corrected chi connectivity index (χ2v) is 4.25. The molecule has 1 atom stereocenters. The Labute approximate surface area is 96.6 Å². The van der Waals surface area contributed by atoms with Crippen LogP contribution in [0, 0.1) is 5.82 Å². The summed E-state index contributed by atoms with van der Waals surface area (Å²) >= 11 is 5.70. The van der Waals surface area contributed by atoms with Crippen LogP contribution in [-0.4, -0.2) is 6.54 Å². The van der Waals surface area contributed by atoms with E-state index in [4.69, 9.17) is 11.6 Å². The fourth-order valence-electron chi connectivity index (χ4n) is 1.96. The van der Waals surface area contributed by atoms with Crippen LogP contribution in [0.2, 0.25) is 5.02 Å². The van der Waals surface area contributed by atoms with Crippen molar-refractivity contribution < 1.29 is 13.2 Å². The van der Waals surface area contributed by atoms with E-state index in [9.17, 15) is 13.2 Å². The van der Waals surface area contributed by atoms with Crippen LogP contribution >= 0.6 is 11.6 Å². The molecule has 1 aromatic rings. The molecular formula is C11H11ClF3N. The van der Waals surface area contributed by atoms with Gasteiger partial charge in [-0.3, -0.25) is 0 Å². The third-order valence-corrected chi connectivity index (χ3v) is 3.11. The smallest absolute Gasteiger partial charge is 0.265 e. The van der Waals surface area contributed by atoms with Gasteiger partial charge in [-0.25, -0.2) is 13.2 Å². The van der Waals surface area contributed by atoms with Gasteiger partial charge in [-0.1, -0.05) is 11.6 Å². The molecule has 0 saturated carbocycles. The monoisotopic (exact) mass is 249 g/mol. The number of halogens is 4. The highest BCUT2D eigenvalue weighted by Crippen LogP contribution is 2.33. The lowest BCUT2D eigenvalue weighted by molar-refractivity contribution is 0.151. The lowest BCUT2D eigenvalue weighted by Crippen LogP contribution is -2.14. The highest BCUT2D eigenvalue weighted by atomic mass is 35.5. The van der Waals surface area contributed by atoms with Gasteiger partial charge in [-0.05, 0) is 31.5 Å². The van der Waals surface area contributed by atoms with Crippen molar-refractivity contribution in [1.29, 1.82) is 0 Å². The van der Waals surface area contributed by atoms with E-state index in [0.29, 0.717) is 5.56 Å². The molecule has 1 saturated heterocycles. The zero-order valence-electron chi connectivity index (χ0n) is 8.44. The Morgan fingerprint density at radius 1 is 1.38 bits per heavy atom. The van der Waals surface area contributed by atoms with Crippen molar-refractivity contribution in [2.24, 2.45) is 0 Å². The minimum Gasteiger partial charge on any atom is -0.310 e. The zero-order chi connectivity index (χ0) is 11.7. The van der Waals surface area contributed by atoms with Gasteiger partial charge in [0, 0.05) is 22.2 Å². The van der Waals surface area contributed by atoms with Crippen LogP contribution in [-0.2, 0) is 0 Å². The van der Waals surface area contributed by atoms with Crippen LogP contribution in [0.4, 0.5) is 13.2 Å². The van der Waals surface area contributed by atoms with Crippen LogP contribution in [0.15, 0.2) is 12.1 Å². The van der Waals surface area contributed by atoms with E-state index in [-0.39, 0.29) is 11.1 Å². The van der Waals surface area contributed by atoms with Crippen LogP contribution in [0.1, 0.15) is 36.4 Å². The first kappa shape index (κ1) is 11.7. The standard InChI is InChI=1S/C11H11ClF3N/c12-8-4-7(10-2-1-3-16-10)9(13)5-6(8)11(14)15/h4-5,10-11,16H,1-3H2/t10-/m0/s1. The summed E-state index contributed by atoms with van der Waals surface area (Å²) in [4.78, 5) is 0. The Balaban J connectivity index is 2.37. The Morgan fingerprint density at radius 2 is 2.12 bits per heavy atom. The fourth-order valence-corrected chi connectivity index (χ4v) is 2.22. The van der Waals surface area contributed by atoms with E-state index in [1.165, 1.54) is 6.07 Å². The van der Waals surface area contributed by atoms with Crippen LogP contribution in [0.25, 0.3) is 0 Å². The van der Waals surface area contributed by atoms with Crippen molar-refractivity contribution in [2.45, 2.75) is 25.3 Å². The summed E-state index contributed by atoms with van der Waals surface area (Å²) in [5.41, 5.74) is -0.0622. The lowest BCUT2D eigenvalue weighted by atomic mass is 10.0. The number of nitrogens with one attached hydrogen (secondary N) is 1. The molecule has 0 aromatic heterocycles. The molecule has 1 heterocycles. The topological polar surface area (TPSA) is 12.0 Å². The minimum absolute atomic E-state index is 0.0694. The fraction of sp³-hybridized carbons (Fsp3) is 0.455. The second kappa shape index (κ2) is 4.63. The lowest BCUT2D eigenvalue weighted by Gasteiger charge is -2.14. The molecular weight excluding hydrogens is 239 g/mol. The third-order valence-electron chi connectivity index (χ3n) is 2.79. The van der Waals surface area contributed by atoms with Gasteiger partial charge in [0.25, 0.3) is 6.43 Å². The van der Waals surface area contributed by atoms with E-state index in [0.717, 1.165) is 25.5 Å². The van der Waals surface area contributed by atoms with Gasteiger partial charge in [-0.2, -0.15) is 0 Å². The number of alkyl halides is 2. The molecule has 2 rings (SSSR count). The average Bonchev–Trinajstić information content (AvgIpc) is 2.73. The van der Waals surface area contributed by atoms with Gasteiger partial charge in [0.2, 0.25) is 0 Å². The summed E-state index contributed by atoms with van der Waals surface area (Å²) in [5.74, 6) is -0.612. The molecule has 1 N–H and O–H groups in total. The van der Waals surface area contributed by atoms with Gasteiger partial charge in [0.05, 0.1) is 0 Å². The Hall–Kier alpha value is -0.740. The average molecular weight is 250 g/mol. The molecule has 0 radical (unpaired) electrons. The molecule has 1 fully saturated rings. The third kappa shape index (κ3) is 2.18. The molecule has 0 amide bonds. The number of hydrogen-bond donors (Lipinski definition) is 1. The van der Waals surface area contributed by atoms with Gasteiger partial charge in [-0.15, -0.1) is 0 Å². The number of rotatable bonds is 2. The SMILES string of the molecule is Fc1cc(C(F)F)c(Cl)cc1[C@@H]1CCCN1. The zero-order valence-corrected chi connectivity index (χ0v) is 9.20. The van der Waals surface area contributed by atoms with Crippen LogP contribution in [0.5, 0.6) is 0 Å². The number of hydrogen-bond acceptors (Lipinski definition) is 1. The summed E-state index contributed by atoms with van der Waals surface area (Å²) in [7, 11) is 0. The first-order valence-electron chi connectivity index (χ1n) is 5.10. The molecule has 1 aliphatic heterocycles. The number of benzene rings is 1. The summed E-state index contributed by atoms with van der Waals surface area (Å²) in [6.07, 6.45) is -0.979. The van der Waals surface area contributed by atoms with Crippen LogP contribution < -0.4 is 5.32 Å². The van der Waals surface area contributed by atoms with E-state index >= 15 is 0 Å². The van der Waals surface area contributed by atoms with E-state index < -0.39 is 17.8 Å². The first-order chi connectivity index (χ1) is 7.59. The van der Waals surface area contributed by atoms with Crippen molar-refractivity contribution >= 4 is 11.6 Å². The summed E-state index contributed by atoms with van der Waals surface area (Å²) in [6, 6.07) is 2.04. The molecule has 0 spiro atoms. The summed E-state index contributed by atoms with van der Waals surface area (Å²) in [6.45, 7) is 0.818. The molecule has 16 heavy (non-hydrogen) atoms. The van der Waals surface area contributed by atoms with Crippen molar-refractivity contribution in [1.82, 2.24) is 5.32 Å². The van der Waals surface area contributed by atoms with E-state index in [2.05, 4.69) is 5.32 Å². The maximum absolute atomic E-state index is 13.6. The Morgan fingerprint density at radius 3 is 2.69 bits per heavy atom. The molecule has 1 aliphatic rings. The van der Waals surface area contributed by atoms with Gasteiger partial charge < -0.3 is 5.32 Å². The molecule has 88 valence electrons. The molecule has 1 aromatic carbocycles. The Bertz CT molecular complexity index is 389. The van der Waals surface area contributed by atoms with E-state index in [1.807, 2.05) is 0 Å². The summed E-state index contributed by atoms with van der Waals surface area (Å²) < 4.78 is 38.5. The van der Waals surface area contributed by atoms with Crippen LogP contribution in [0.3, 0.4) is 0 Å². The minimum atomic E-state index is -2.74. The van der Waals surface area contributed by atoms with Crippen molar-refractivity contribution in [3.63, 3.8) is 0 Å². The second-order valence-electron chi connectivity index (χ2n) is 3.84. The van der Waals surface area contributed by atoms with Gasteiger partial charge in [0.15, 0.2) is 0 Å². The van der Waals surface area contributed by atoms with Gasteiger partial charge >= 0.3 is 0 Å². The molecule has 0 aliphatic carbocycles. The normalized spacial score (nSPS) is 20.7. The first-order valence-corrected chi connectivity index (χ1v) is 5.47. The summed E-state index contributed by atoms with van der Waals surface area (Å²) in [5, 5.41) is 3.03. The maximum atomic E-state index is 13.6. The predicted molar refractivity (Wildman–Crippen MR) is 56.3 cm³/mol. The van der Waals surface area contributed by atoms with Crippen molar-refractivity contribution in [3.8, 4) is 0 Å². The maximum Gasteiger partial charge on any atom is 0.265 e. The molecule has 5 heteroatoms. The molecule has 0 bridgehead atoms.